The van der Waals surface area contributed by atoms with Gasteiger partial charge in [0.2, 0.25) is 0 Å². The molecule has 0 unspecified atom stereocenters. The molecule has 2 aliphatic carbocycles. The van der Waals surface area contributed by atoms with E-state index in [4.69, 9.17) is 0 Å². The third-order valence-electron chi connectivity index (χ3n) is 3.78. The van der Waals surface area contributed by atoms with Crippen molar-refractivity contribution in [2.45, 2.75) is 38.1 Å². The molecule has 1 saturated heterocycles. The van der Waals surface area contributed by atoms with Gasteiger partial charge in [0.05, 0.1) is 0 Å². The molecule has 3 fully saturated rings. The first-order valence-corrected chi connectivity index (χ1v) is 4.64. The number of hydrogen-bond donors (Lipinski definition) is 1. The third-order valence-corrected chi connectivity index (χ3v) is 3.78. The predicted molar refractivity (Wildman–Crippen MR) is 40.8 cm³/mol. The molecule has 0 bridgehead atoms. The van der Waals surface area contributed by atoms with Crippen LogP contribution in [0.1, 0.15) is 32.1 Å². The predicted octanol–water partition coefficient (Wildman–Crippen LogP) is 1.54. The highest BCUT2D eigenvalue weighted by Gasteiger charge is 2.55. The second kappa shape index (κ2) is 1.58. The standard InChI is InChI=1S/C9H15N/c1-4-9(5-1)6-10-8(9)7-2-3-7/h7-8,10H,1-6H2/t8-/m1/s1. The van der Waals surface area contributed by atoms with E-state index >= 15 is 0 Å². The highest BCUT2D eigenvalue weighted by molar-refractivity contribution is 5.11. The Morgan fingerprint density at radius 3 is 2.30 bits per heavy atom. The Bertz CT molecular complexity index is 151. The Hall–Kier alpha value is -0.0400. The van der Waals surface area contributed by atoms with Crippen molar-refractivity contribution >= 4 is 0 Å². The largest absolute Gasteiger partial charge is 0.312 e. The summed E-state index contributed by atoms with van der Waals surface area (Å²) in [6, 6.07) is 0.959. The summed E-state index contributed by atoms with van der Waals surface area (Å²) in [7, 11) is 0. The molecule has 0 aromatic carbocycles. The van der Waals surface area contributed by atoms with Crippen LogP contribution in [0.2, 0.25) is 0 Å². The maximum atomic E-state index is 3.60. The quantitative estimate of drug-likeness (QED) is 0.578. The molecule has 1 heteroatoms. The van der Waals surface area contributed by atoms with Gasteiger partial charge < -0.3 is 5.32 Å². The second-order valence-electron chi connectivity index (χ2n) is 4.41. The van der Waals surface area contributed by atoms with Crippen LogP contribution < -0.4 is 5.32 Å². The zero-order valence-electron chi connectivity index (χ0n) is 6.40. The summed E-state index contributed by atoms with van der Waals surface area (Å²) < 4.78 is 0. The van der Waals surface area contributed by atoms with Crippen LogP contribution in [0.15, 0.2) is 0 Å². The Balaban J connectivity index is 1.74. The molecular weight excluding hydrogens is 122 g/mol. The van der Waals surface area contributed by atoms with Gasteiger partial charge in [-0.3, -0.25) is 0 Å². The van der Waals surface area contributed by atoms with Crippen LogP contribution in [0.3, 0.4) is 0 Å². The molecule has 3 aliphatic rings. The van der Waals surface area contributed by atoms with Gasteiger partial charge in [-0.1, -0.05) is 6.42 Å². The van der Waals surface area contributed by atoms with Crippen molar-refractivity contribution in [3.63, 3.8) is 0 Å². The maximum absolute atomic E-state index is 3.60. The highest BCUT2D eigenvalue weighted by Crippen LogP contribution is 2.55. The Labute approximate surface area is 62.2 Å². The van der Waals surface area contributed by atoms with Gasteiger partial charge in [0.25, 0.3) is 0 Å². The molecule has 3 rings (SSSR count). The fourth-order valence-electron chi connectivity index (χ4n) is 2.72. The van der Waals surface area contributed by atoms with E-state index in [2.05, 4.69) is 5.32 Å². The van der Waals surface area contributed by atoms with E-state index in [9.17, 15) is 0 Å². The summed E-state index contributed by atoms with van der Waals surface area (Å²) >= 11 is 0. The van der Waals surface area contributed by atoms with Gasteiger partial charge in [0.15, 0.2) is 0 Å². The minimum Gasteiger partial charge on any atom is -0.312 e. The monoisotopic (exact) mass is 137 g/mol. The lowest BCUT2D eigenvalue weighted by Gasteiger charge is -2.57. The van der Waals surface area contributed by atoms with E-state index in [-0.39, 0.29) is 0 Å². The Morgan fingerprint density at radius 2 is 2.00 bits per heavy atom. The van der Waals surface area contributed by atoms with Crippen LogP contribution >= 0.6 is 0 Å². The summed E-state index contributed by atoms with van der Waals surface area (Å²) in [5, 5.41) is 3.60. The molecule has 56 valence electrons. The van der Waals surface area contributed by atoms with E-state index in [1.54, 1.807) is 0 Å². The zero-order chi connectivity index (χ0) is 6.60. The molecule has 2 saturated carbocycles. The van der Waals surface area contributed by atoms with Gasteiger partial charge in [0, 0.05) is 12.6 Å². The van der Waals surface area contributed by atoms with E-state index in [0.29, 0.717) is 0 Å². The summed E-state index contributed by atoms with van der Waals surface area (Å²) in [6.07, 6.45) is 7.59. The smallest absolute Gasteiger partial charge is 0.0164 e. The number of rotatable bonds is 1. The molecule has 1 atom stereocenters. The van der Waals surface area contributed by atoms with Crippen molar-refractivity contribution in [1.82, 2.24) is 5.32 Å². The summed E-state index contributed by atoms with van der Waals surface area (Å²) in [6.45, 7) is 1.34. The first-order chi connectivity index (χ1) is 4.91. The molecule has 10 heavy (non-hydrogen) atoms. The molecule has 0 aromatic heterocycles. The van der Waals surface area contributed by atoms with Crippen molar-refractivity contribution < 1.29 is 0 Å². The van der Waals surface area contributed by atoms with Gasteiger partial charge in [-0.25, -0.2) is 0 Å². The lowest BCUT2D eigenvalue weighted by Crippen LogP contribution is -2.66. The summed E-state index contributed by atoms with van der Waals surface area (Å²) in [4.78, 5) is 0. The van der Waals surface area contributed by atoms with Gasteiger partial charge in [-0.05, 0) is 37.0 Å². The van der Waals surface area contributed by atoms with Crippen molar-refractivity contribution in [1.29, 1.82) is 0 Å². The van der Waals surface area contributed by atoms with Crippen molar-refractivity contribution in [3.05, 3.63) is 0 Å². The molecule has 0 radical (unpaired) electrons. The minimum atomic E-state index is 0.834. The normalized spacial score (nSPS) is 42.6. The van der Waals surface area contributed by atoms with E-state index in [0.717, 1.165) is 17.4 Å². The average Bonchev–Trinajstić information content (AvgIpc) is 2.41. The van der Waals surface area contributed by atoms with Crippen molar-refractivity contribution in [2.24, 2.45) is 11.3 Å². The fraction of sp³-hybridized carbons (Fsp3) is 1.00. The van der Waals surface area contributed by atoms with Crippen LogP contribution in [0.4, 0.5) is 0 Å². The third kappa shape index (κ3) is 0.531. The topological polar surface area (TPSA) is 12.0 Å². The second-order valence-corrected chi connectivity index (χ2v) is 4.41. The average molecular weight is 137 g/mol. The number of nitrogens with one attached hydrogen (secondary N) is 1. The van der Waals surface area contributed by atoms with Crippen LogP contribution in [0.5, 0.6) is 0 Å². The SMILES string of the molecule is C1CC2(C1)CN[C@@H]2C1CC1. The van der Waals surface area contributed by atoms with Crippen LogP contribution in [-0.4, -0.2) is 12.6 Å². The Morgan fingerprint density at radius 1 is 1.20 bits per heavy atom. The molecule has 1 N–H and O–H groups in total. The fourth-order valence-corrected chi connectivity index (χ4v) is 2.72. The van der Waals surface area contributed by atoms with Crippen LogP contribution in [0, 0.1) is 11.3 Å². The van der Waals surface area contributed by atoms with Gasteiger partial charge >= 0.3 is 0 Å². The van der Waals surface area contributed by atoms with E-state index in [1.165, 1.54) is 38.6 Å². The molecule has 0 amide bonds. The molecule has 1 nitrogen and oxygen atoms in total. The van der Waals surface area contributed by atoms with Gasteiger partial charge in [-0.15, -0.1) is 0 Å². The summed E-state index contributed by atoms with van der Waals surface area (Å²) in [5.41, 5.74) is 0.834. The van der Waals surface area contributed by atoms with Gasteiger partial charge in [-0.2, -0.15) is 0 Å². The molecule has 1 spiro atoms. The van der Waals surface area contributed by atoms with Crippen molar-refractivity contribution in [2.75, 3.05) is 6.54 Å². The summed E-state index contributed by atoms with van der Waals surface area (Å²) in [5.74, 6) is 1.09. The van der Waals surface area contributed by atoms with Gasteiger partial charge in [0.1, 0.15) is 0 Å². The lowest BCUT2D eigenvalue weighted by molar-refractivity contribution is -0.0153. The first kappa shape index (κ1) is 5.59. The zero-order valence-corrected chi connectivity index (χ0v) is 6.40. The van der Waals surface area contributed by atoms with E-state index < -0.39 is 0 Å². The van der Waals surface area contributed by atoms with Crippen molar-refractivity contribution in [3.8, 4) is 0 Å². The lowest BCUT2D eigenvalue weighted by atomic mass is 9.58. The van der Waals surface area contributed by atoms with Crippen LogP contribution in [0.25, 0.3) is 0 Å². The van der Waals surface area contributed by atoms with E-state index in [1.807, 2.05) is 0 Å². The number of hydrogen-bond acceptors (Lipinski definition) is 1. The first-order valence-electron chi connectivity index (χ1n) is 4.64. The maximum Gasteiger partial charge on any atom is 0.0164 e. The minimum absolute atomic E-state index is 0.834. The molecule has 0 aromatic rings. The molecule has 1 aliphatic heterocycles. The van der Waals surface area contributed by atoms with Crippen LogP contribution in [-0.2, 0) is 0 Å². The Kier molecular flexibility index (Phi) is 0.883. The highest BCUT2D eigenvalue weighted by atomic mass is 15.1. The molecule has 1 heterocycles. The molecular formula is C9H15N.